The minimum atomic E-state index is -0.608. The molecule has 4 rings (SSSR count). The van der Waals surface area contributed by atoms with E-state index in [4.69, 9.17) is 11.6 Å². The molecule has 7 nitrogen and oxygen atoms in total. The summed E-state index contributed by atoms with van der Waals surface area (Å²) in [5, 5.41) is 15.2. The smallest absolute Gasteiger partial charge is 0.255 e. The van der Waals surface area contributed by atoms with E-state index < -0.39 is 11.9 Å². The first-order valence-electron chi connectivity index (χ1n) is 9.87. The summed E-state index contributed by atoms with van der Waals surface area (Å²) in [5.74, 6) is 5.12. The van der Waals surface area contributed by atoms with Crippen LogP contribution in [0.25, 0.3) is 0 Å². The molecule has 0 aromatic heterocycles. The summed E-state index contributed by atoms with van der Waals surface area (Å²) in [6.45, 7) is 1.39. The second-order valence-electron chi connectivity index (χ2n) is 7.46. The third-order valence-electron chi connectivity index (χ3n) is 5.31. The van der Waals surface area contributed by atoms with Gasteiger partial charge in [-0.25, -0.2) is 0 Å². The number of halogens is 1. The second kappa shape index (κ2) is 8.80. The van der Waals surface area contributed by atoms with Crippen molar-refractivity contribution in [2.45, 2.75) is 32.0 Å². The monoisotopic (exact) mass is 437 g/mol. The fourth-order valence-electron chi connectivity index (χ4n) is 3.74. The second-order valence-corrected chi connectivity index (χ2v) is 7.87. The summed E-state index contributed by atoms with van der Waals surface area (Å²) in [4.78, 5) is 37.7. The largest absolute Gasteiger partial charge is 0.506 e. The number of hydrogen-bond acceptors (Lipinski definition) is 5. The van der Waals surface area contributed by atoms with Crippen LogP contribution in [-0.2, 0) is 22.7 Å². The predicted molar refractivity (Wildman–Crippen MR) is 114 cm³/mol. The number of imide groups is 1. The molecule has 8 heteroatoms. The van der Waals surface area contributed by atoms with Gasteiger partial charge in [-0.1, -0.05) is 35.6 Å². The van der Waals surface area contributed by atoms with Gasteiger partial charge in [0.1, 0.15) is 11.8 Å². The molecule has 1 saturated heterocycles. The molecule has 31 heavy (non-hydrogen) atoms. The Morgan fingerprint density at radius 2 is 2.03 bits per heavy atom. The summed E-state index contributed by atoms with van der Waals surface area (Å²) >= 11 is 5.87. The van der Waals surface area contributed by atoms with E-state index in [-0.39, 0.29) is 29.0 Å². The van der Waals surface area contributed by atoms with Gasteiger partial charge in [-0.2, -0.15) is 0 Å². The quantitative estimate of drug-likeness (QED) is 0.386. The van der Waals surface area contributed by atoms with Crippen molar-refractivity contribution in [3.63, 3.8) is 0 Å². The molecule has 3 amide bonds. The molecule has 3 N–H and O–H groups in total. The first-order valence-corrected chi connectivity index (χ1v) is 10.2. The molecule has 0 aliphatic carbocycles. The Morgan fingerprint density at radius 3 is 2.81 bits per heavy atom. The highest BCUT2D eigenvalue weighted by atomic mass is 35.5. The molecule has 2 aromatic rings. The molecule has 0 bridgehead atoms. The maximum atomic E-state index is 12.7. The van der Waals surface area contributed by atoms with Crippen molar-refractivity contribution in [3.8, 4) is 17.6 Å². The highest BCUT2D eigenvalue weighted by Gasteiger charge is 2.38. The van der Waals surface area contributed by atoms with E-state index in [2.05, 4.69) is 22.5 Å². The maximum Gasteiger partial charge on any atom is 0.255 e. The summed E-state index contributed by atoms with van der Waals surface area (Å²) in [6, 6.07) is 9.82. The molecular weight excluding hydrogens is 418 g/mol. The van der Waals surface area contributed by atoms with E-state index in [0.29, 0.717) is 37.2 Å². The number of rotatable bonds is 4. The molecule has 0 radical (unpaired) electrons. The number of amides is 3. The Morgan fingerprint density at radius 1 is 1.19 bits per heavy atom. The maximum absolute atomic E-state index is 12.7. The lowest BCUT2D eigenvalue weighted by atomic mass is 10.0. The molecule has 1 atom stereocenters. The van der Waals surface area contributed by atoms with Crippen LogP contribution in [0, 0.1) is 11.8 Å². The first kappa shape index (κ1) is 20.9. The van der Waals surface area contributed by atoms with Crippen LogP contribution in [0.2, 0.25) is 5.02 Å². The molecule has 158 valence electrons. The number of hydrogen-bond donors (Lipinski definition) is 3. The Hall–Kier alpha value is -3.34. The Bertz CT molecular complexity index is 1140. The molecule has 1 fully saturated rings. The fourth-order valence-corrected chi connectivity index (χ4v) is 3.92. The number of piperidine rings is 1. The minimum absolute atomic E-state index is 0.0246. The van der Waals surface area contributed by atoms with Crippen LogP contribution in [0.1, 0.15) is 39.9 Å². The van der Waals surface area contributed by atoms with Crippen molar-refractivity contribution in [2.24, 2.45) is 0 Å². The number of nitrogens with one attached hydrogen (secondary N) is 2. The average Bonchev–Trinajstić information content (AvgIpc) is 3.06. The van der Waals surface area contributed by atoms with Crippen LogP contribution in [-0.4, -0.2) is 40.3 Å². The Kier molecular flexibility index (Phi) is 5.94. The highest BCUT2D eigenvalue weighted by molar-refractivity contribution is 6.32. The van der Waals surface area contributed by atoms with E-state index in [0.717, 1.165) is 11.1 Å². The van der Waals surface area contributed by atoms with Crippen LogP contribution in [0.5, 0.6) is 5.75 Å². The van der Waals surface area contributed by atoms with Crippen LogP contribution in [0.15, 0.2) is 36.4 Å². The first-order chi connectivity index (χ1) is 14.9. The van der Waals surface area contributed by atoms with Gasteiger partial charge in [-0.15, -0.1) is 0 Å². The number of carbonyl (C=O) groups is 3. The van der Waals surface area contributed by atoms with Gasteiger partial charge in [-0.3, -0.25) is 19.7 Å². The van der Waals surface area contributed by atoms with Crippen LogP contribution in [0.3, 0.4) is 0 Å². The molecule has 2 heterocycles. The van der Waals surface area contributed by atoms with Crippen molar-refractivity contribution in [2.75, 3.05) is 6.54 Å². The van der Waals surface area contributed by atoms with E-state index in [9.17, 15) is 19.5 Å². The standard InChI is InChI=1S/C23H20ClN3O4/c24-18-11-14(4-7-20(18)28)2-1-9-25-12-15-3-5-17-16(10-15)13-27(23(17)31)19-6-8-21(29)26-22(19)30/h3-5,7,10-11,19,25,28H,6,8-9,12-13H2,(H,26,29,30). The van der Waals surface area contributed by atoms with E-state index in [1.54, 1.807) is 18.2 Å². The van der Waals surface area contributed by atoms with Crippen molar-refractivity contribution in [3.05, 3.63) is 63.7 Å². The third kappa shape index (κ3) is 4.55. The number of phenols is 1. The zero-order valence-electron chi connectivity index (χ0n) is 16.6. The van der Waals surface area contributed by atoms with Crippen molar-refractivity contribution >= 4 is 29.3 Å². The minimum Gasteiger partial charge on any atom is -0.506 e. The number of phenolic OH excluding ortho intramolecular Hbond substituents is 1. The van der Waals surface area contributed by atoms with E-state index >= 15 is 0 Å². The molecule has 0 saturated carbocycles. The Balaban J connectivity index is 1.34. The number of aromatic hydroxyl groups is 1. The molecule has 2 aliphatic rings. The number of carbonyl (C=O) groups excluding carboxylic acids is 3. The van der Waals surface area contributed by atoms with Gasteiger partial charge in [0.2, 0.25) is 11.8 Å². The molecule has 2 aromatic carbocycles. The molecule has 2 aliphatic heterocycles. The lowest BCUT2D eigenvalue weighted by Crippen LogP contribution is -2.52. The van der Waals surface area contributed by atoms with E-state index in [1.165, 1.54) is 11.0 Å². The zero-order chi connectivity index (χ0) is 22.0. The summed E-state index contributed by atoms with van der Waals surface area (Å²) < 4.78 is 0. The average molecular weight is 438 g/mol. The zero-order valence-corrected chi connectivity index (χ0v) is 17.3. The molecule has 0 spiro atoms. The van der Waals surface area contributed by atoms with Crippen LogP contribution < -0.4 is 10.6 Å². The number of benzene rings is 2. The Labute approximate surface area is 184 Å². The summed E-state index contributed by atoms with van der Waals surface area (Å²) in [6.07, 6.45) is 0.590. The lowest BCUT2D eigenvalue weighted by molar-refractivity contribution is -0.136. The summed E-state index contributed by atoms with van der Waals surface area (Å²) in [5.41, 5.74) is 3.19. The van der Waals surface area contributed by atoms with Crippen molar-refractivity contribution < 1.29 is 19.5 Å². The highest BCUT2D eigenvalue weighted by Crippen LogP contribution is 2.28. The van der Waals surface area contributed by atoms with Gasteiger partial charge >= 0.3 is 0 Å². The van der Waals surface area contributed by atoms with Crippen LogP contribution in [0.4, 0.5) is 0 Å². The molecule has 1 unspecified atom stereocenters. The van der Waals surface area contributed by atoms with Gasteiger partial charge in [-0.05, 0) is 41.8 Å². The van der Waals surface area contributed by atoms with Gasteiger partial charge in [0.25, 0.3) is 5.91 Å². The van der Waals surface area contributed by atoms with E-state index in [1.807, 2.05) is 12.1 Å². The normalized spacial score (nSPS) is 17.8. The summed E-state index contributed by atoms with van der Waals surface area (Å²) in [7, 11) is 0. The predicted octanol–water partition coefficient (Wildman–Crippen LogP) is 1.95. The number of nitrogens with zero attached hydrogens (tertiary/aromatic N) is 1. The SMILES string of the molecule is O=C1CCC(N2Cc3cc(CNCC#Cc4ccc(O)c(Cl)c4)ccc3C2=O)C(=O)N1. The van der Waals surface area contributed by atoms with Crippen LogP contribution >= 0.6 is 11.6 Å². The van der Waals surface area contributed by atoms with Crippen molar-refractivity contribution in [1.29, 1.82) is 0 Å². The lowest BCUT2D eigenvalue weighted by Gasteiger charge is -2.29. The van der Waals surface area contributed by atoms with Gasteiger partial charge in [0.15, 0.2) is 0 Å². The van der Waals surface area contributed by atoms with Crippen molar-refractivity contribution in [1.82, 2.24) is 15.5 Å². The van der Waals surface area contributed by atoms with Gasteiger partial charge < -0.3 is 15.3 Å². The fraction of sp³-hybridized carbons (Fsp3) is 0.261. The van der Waals surface area contributed by atoms with Gasteiger partial charge in [0.05, 0.1) is 11.6 Å². The number of fused-ring (bicyclic) bond motifs is 1. The van der Waals surface area contributed by atoms with Gasteiger partial charge in [0, 0.05) is 30.6 Å². The topological polar surface area (TPSA) is 98.7 Å². The molecular formula is C23H20ClN3O4. The third-order valence-corrected chi connectivity index (χ3v) is 5.61.